The third-order valence-electron chi connectivity index (χ3n) is 5.29. The fourth-order valence-electron chi connectivity index (χ4n) is 3.89. The van der Waals surface area contributed by atoms with Gasteiger partial charge in [0.25, 0.3) is 5.91 Å². The number of nitrogens with one attached hydrogen (secondary N) is 1. The van der Waals surface area contributed by atoms with Crippen LogP contribution in [-0.2, 0) is 26.3 Å². The van der Waals surface area contributed by atoms with Gasteiger partial charge < -0.3 is 10.1 Å². The van der Waals surface area contributed by atoms with E-state index in [-0.39, 0.29) is 5.91 Å². The third kappa shape index (κ3) is 2.87. The maximum atomic E-state index is 13.0. The molecular weight excluding hydrogens is 344 g/mol. The number of benzene rings is 2. The Morgan fingerprint density at radius 3 is 2.63 bits per heavy atom. The summed E-state index contributed by atoms with van der Waals surface area (Å²) in [6, 6.07) is 16.3. The molecule has 6 nitrogen and oxygen atoms in total. The van der Waals surface area contributed by atoms with Crippen LogP contribution in [0.5, 0.6) is 0 Å². The molecule has 1 N–H and O–H groups in total. The number of esters is 1. The first kappa shape index (κ1) is 17.3. The second-order valence-electron chi connectivity index (χ2n) is 6.93. The summed E-state index contributed by atoms with van der Waals surface area (Å²) in [5, 5.41) is 2.81. The number of urea groups is 1. The number of hydrogen-bond acceptors (Lipinski definition) is 4. The number of carbonyl (C=O) groups is 3. The normalized spacial score (nSPS) is 21.9. The van der Waals surface area contributed by atoms with Gasteiger partial charge in [0.2, 0.25) is 0 Å². The second kappa shape index (κ2) is 6.54. The molecule has 6 heteroatoms. The molecule has 2 unspecified atom stereocenters. The average molecular weight is 364 g/mol. The lowest BCUT2D eigenvalue weighted by Crippen LogP contribution is -2.42. The van der Waals surface area contributed by atoms with Crippen LogP contribution < -0.4 is 5.32 Å². The van der Waals surface area contributed by atoms with E-state index in [1.807, 2.05) is 54.6 Å². The Hall–Kier alpha value is -3.15. The maximum Gasteiger partial charge on any atom is 0.326 e. The summed E-state index contributed by atoms with van der Waals surface area (Å²) in [6.45, 7) is 1.36. The summed E-state index contributed by atoms with van der Waals surface area (Å²) < 4.78 is 5.40. The zero-order valence-electron chi connectivity index (χ0n) is 15.0. The number of carbonyl (C=O) groups excluding carboxylic acids is 3. The maximum absolute atomic E-state index is 13.0. The first-order valence-corrected chi connectivity index (χ1v) is 8.98. The molecule has 1 fully saturated rings. The summed E-state index contributed by atoms with van der Waals surface area (Å²) in [6.07, 6.45) is 0.759. The smallest absolute Gasteiger partial charge is 0.326 e. The topological polar surface area (TPSA) is 75.7 Å². The molecule has 2 atom stereocenters. The van der Waals surface area contributed by atoms with Gasteiger partial charge in [-0.1, -0.05) is 54.6 Å². The van der Waals surface area contributed by atoms with E-state index < -0.39 is 30.2 Å². The molecule has 1 aliphatic carbocycles. The van der Waals surface area contributed by atoms with E-state index in [1.165, 1.54) is 0 Å². The minimum Gasteiger partial charge on any atom is -0.456 e. The quantitative estimate of drug-likeness (QED) is 0.669. The van der Waals surface area contributed by atoms with E-state index in [4.69, 9.17) is 4.74 Å². The summed E-state index contributed by atoms with van der Waals surface area (Å²) >= 11 is 0. The van der Waals surface area contributed by atoms with Crippen molar-refractivity contribution < 1.29 is 19.1 Å². The standard InChI is InChI=1S/C21H20N2O4/c1-14(15-7-3-2-4-8-15)27-18(24)13-23-19(25)21(22-20(23)26)12-11-16-9-5-6-10-17(16)21/h2-10,14H,11-13H2,1H3,(H,22,26). The lowest BCUT2D eigenvalue weighted by Gasteiger charge is -2.22. The SMILES string of the molecule is CC(OC(=O)CN1C(=O)NC2(CCc3ccccc32)C1=O)c1ccccc1. The predicted octanol–water partition coefficient (Wildman–Crippen LogP) is 2.68. The fourth-order valence-corrected chi connectivity index (χ4v) is 3.89. The van der Waals surface area contributed by atoms with Crippen LogP contribution in [0.2, 0.25) is 0 Å². The van der Waals surface area contributed by atoms with Crippen LogP contribution in [0.1, 0.15) is 36.1 Å². The average Bonchev–Trinajstić information content (AvgIpc) is 3.16. The van der Waals surface area contributed by atoms with Gasteiger partial charge in [0.05, 0.1) is 0 Å². The van der Waals surface area contributed by atoms with Crippen LogP contribution >= 0.6 is 0 Å². The van der Waals surface area contributed by atoms with E-state index in [0.717, 1.165) is 21.6 Å². The van der Waals surface area contributed by atoms with Crippen molar-refractivity contribution in [3.63, 3.8) is 0 Å². The van der Waals surface area contributed by atoms with Crippen molar-refractivity contribution in [3.05, 3.63) is 71.3 Å². The van der Waals surface area contributed by atoms with Crippen molar-refractivity contribution in [2.24, 2.45) is 0 Å². The first-order valence-electron chi connectivity index (χ1n) is 8.98. The van der Waals surface area contributed by atoms with Gasteiger partial charge in [0, 0.05) is 0 Å². The summed E-state index contributed by atoms with van der Waals surface area (Å²) in [5.74, 6) is -1.00. The Bertz CT molecular complexity index is 911. The highest BCUT2D eigenvalue weighted by Crippen LogP contribution is 2.41. The molecule has 2 aromatic rings. The number of fused-ring (bicyclic) bond motifs is 2. The molecule has 2 aliphatic rings. The van der Waals surface area contributed by atoms with Gasteiger partial charge in [-0.2, -0.15) is 0 Å². The molecular formula is C21H20N2O4. The van der Waals surface area contributed by atoms with Gasteiger partial charge in [-0.05, 0) is 36.5 Å². The number of rotatable bonds is 4. The monoisotopic (exact) mass is 364 g/mol. The Balaban J connectivity index is 1.48. The molecule has 0 aromatic heterocycles. The molecule has 1 spiro atoms. The summed E-state index contributed by atoms with van der Waals surface area (Å²) in [7, 11) is 0. The van der Waals surface area contributed by atoms with Crippen LogP contribution in [0, 0.1) is 0 Å². The number of hydrogen-bond donors (Lipinski definition) is 1. The first-order chi connectivity index (χ1) is 13.0. The van der Waals surface area contributed by atoms with Crippen molar-refractivity contribution in [2.75, 3.05) is 6.54 Å². The Morgan fingerprint density at radius 1 is 1.15 bits per heavy atom. The Morgan fingerprint density at radius 2 is 1.85 bits per heavy atom. The van der Waals surface area contributed by atoms with E-state index in [1.54, 1.807) is 6.92 Å². The number of ether oxygens (including phenoxy) is 1. The van der Waals surface area contributed by atoms with Gasteiger partial charge in [-0.25, -0.2) is 4.79 Å². The molecule has 4 rings (SSSR count). The molecule has 138 valence electrons. The number of nitrogens with zero attached hydrogens (tertiary/aromatic N) is 1. The molecule has 0 radical (unpaired) electrons. The van der Waals surface area contributed by atoms with Crippen molar-refractivity contribution in [1.82, 2.24) is 10.2 Å². The lowest BCUT2D eigenvalue weighted by molar-refractivity contribution is -0.152. The highest BCUT2D eigenvalue weighted by atomic mass is 16.5. The van der Waals surface area contributed by atoms with E-state index in [9.17, 15) is 14.4 Å². The van der Waals surface area contributed by atoms with Crippen molar-refractivity contribution in [1.29, 1.82) is 0 Å². The largest absolute Gasteiger partial charge is 0.456 e. The predicted molar refractivity (Wildman–Crippen MR) is 97.6 cm³/mol. The summed E-state index contributed by atoms with van der Waals surface area (Å²) in [5.41, 5.74) is 1.66. The highest BCUT2D eigenvalue weighted by Gasteiger charge is 2.55. The van der Waals surface area contributed by atoms with Crippen LogP contribution in [-0.4, -0.2) is 29.4 Å². The third-order valence-corrected chi connectivity index (χ3v) is 5.29. The minimum atomic E-state index is -1.06. The van der Waals surface area contributed by atoms with Gasteiger partial charge in [0.15, 0.2) is 0 Å². The van der Waals surface area contributed by atoms with Crippen LogP contribution in [0.15, 0.2) is 54.6 Å². The summed E-state index contributed by atoms with van der Waals surface area (Å²) in [4.78, 5) is 38.7. The lowest BCUT2D eigenvalue weighted by atomic mass is 9.92. The number of amides is 3. The van der Waals surface area contributed by atoms with Crippen molar-refractivity contribution >= 4 is 17.9 Å². The zero-order chi connectivity index (χ0) is 19.0. The molecule has 1 saturated heterocycles. The van der Waals surface area contributed by atoms with E-state index in [0.29, 0.717) is 12.8 Å². The van der Waals surface area contributed by atoms with Gasteiger partial charge in [-0.3, -0.25) is 14.5 Å². The highest BCUT2D eigenvalue weighted by molar-refractivity contribution is 6.09. The molecule has 1 heterocycles. The molecule has 0 bridgehead atoms. The van der Waals surface area contributed by atoms with Crippen molar-refractivity contribution in [2.45, 2.75) is 31.4 Å². The fraction of sp³-hybridized carbons (Fsp3) is 0.286. The molecule has 27 heavy (non-hydrogen) atoms. The van der Waals surface area contributed by atoms with E-state index in [2.05, 4.69) is 5.32 Å². The Labute approximate surface area is 157 Å². The Kier molecular flexibility index (Phi) is 4.18. The van der Waals surface area contributed by atoms with E-state index >= 15 is 0 Å². The van der Waals surface area contributed by atoms with Gasteiger partial charge in [0.1, 0.15) is 18.2 Å². The number of aryl methyl sites for hydroxylation is 1. The second-order valence-corrected chi connectivity index (χ2v) is 6.93. The van der Waals surface area contributed by atoms with Crippen LogP contribution in [0.4, 0.5) is 4.79 Å². The molecule has 3 amide bonds. The minimum absolute atomic E-state index is 0.387. The molecule has 0 saturated carbocycles. The van der Waals surface area contributed by atoms with Crippen LogP contribution in [0.3, 0.4) is 0 Å². The van der Waals surface area contributed by atoms with Crippen molar-refractivity contribution in [3.8, 4) is 0 Å². The zero-order valence-corrected chi connectivity index (χ0v) is 15.0. The number of imide groups is 1. The van der Waals surface area contributed by atoms with Crippen LogP contribution in [0.25, 0.3) is 0 Å². The molecule has 1 aliphatic heterocycles. The molecule has 2 aromatic carbocycles. The van der Waals surface area contributed by atoms with Gasteiger partial charge >= 0.3 is 12.0 Å². The van der Waals surface area contributed by atoms with Gasteiger partial charge in [-0.15, -0.1) is 0 Å².